The fourth-order valence-corrected chi connectivity index (χ4v) is 5.19. The summed E-state index contributed by atoms with van der Waals surface area (Å²) in [6, 6.07) is 8.87. The second-order valence-corrected chi connectivity index (χ2v) is 9.19. The predicted octanol–water partition coefficient (Wildman–Crippen LogP) is 4.13. The Bertz CT molecular complexity index is 1150. The zero-order chi connectivity index (χ0) is 24.7. The van der Waals surface area contributed by atoms with Gasteiger partial charge in [-0.05, 0) is 50.1 Å². The lowest BCUT2D eigenvalue weighted by atomic mass is 10.1. The van der Waals surface area contributed by atoms with E-state index in [-0.39, 0.29) is 40.0 Å². The van der Waals surface area contributed by atoms with E-state index in [0.717, 1.165) is 18.9 Å². The average molecular weight is 497 g/mol. The molecular weight excluding hydrogens is 470 g/mol. The van der Waals surface area contributed by atoms with E-state index >= 15 is 0 Å². The van der Waals surface area contributed by atoms with Crippen molar-refractivity contribution in [3.05, 3.63) is 48.0 Å². The Morgan fingerprint density at radius 1 is 1.18 bits per heavy atom. The molecule has 0 saturated carbocycles. The number of sulfonamides is 1. The normalized spacial score (nSPS) is 14.5. The van der Waals surface area contributed by atoms with Crippen LogP contribution in [0.25, 0.3) is 6.08 Å². The number of ether oxygens (including phenoxy) is 3. The number of hydrogen-bond donors (Lipinski definition) is 1. The van der Waals surface area contributed by atoms with Crippen molar-refractivity contribution in [2.45, 2.75) is 31.3 Å². The molecule has 0 aliphatic carbocycles. The lowest BCUT2D eigenvalue weighted by Gasteiger charge is -2.19. The lowest BCUT2D eigenvalue weighted by molar-refractivity contribution is -0.111. The highest BCUT2D eigenvalue weighted by atomic mass is 32.2. The van der Waals surface area contributed by atoms with Gasteiger partial charge in [-0.1, -0.05) is 12.1 Å². The number of anilines is 1. The maximum Gasteiger partial charge on any atom is 0.387 e. The topological polar surface area (TPSA) is 94.2 Å². The van der Waals surface area contributed by atoms with Crippen molar-refractivity contribution in [3.63, 3.8) is 0 Å². The molecule has 0 unspecified atom stereocenters. The third kappa shape index (κ3) is 6.03. The molecule has 2 aromatic rings. The van der Waals surface area contributed by atoms with Crippen LogP contribution in [0.4, 0.5) is 14.5 Å². The molecule has 1 saturated heterocycles. The van der Waals surface area contributed by atoms with Crippen molar-refractivity contribution in [1.29, 1.82) is 0 Å². The van der Waals surface area contributed by atoms with Gasteiger partial charge in [-0.2, -0.15) is 13.1 Å². The van der Waals surface area contributed by atoms with Gasteiger partial charge in [0, 0.05) is 30.4 Å². The number of nitrogens with zero attached hydrogens (tertiary/aromatic N) is 1. The van der Waals surface area contributed by atoms with Gasteiger partial charge >= 0.3 is 6.61 Å². The Labute approximate surface area is 197 Å². The zero-order valence-electron chi connectivity index (χ0n) is 18.8. The smallest absolute Gasteiger partial charge is 0.387 e. The van der Waals surface area contributed by atoms with E-state index in [9.17, 15) is 22.0 Å². The Morgan fingerprint density at radius 2 is 1.91 bits per heavy atom. The Hall–Kier alpha value is -3.18. The number of halogens is 2. The Balaban J connectivity index is 1.84. The molecule has 8 nitrogen and oxygen atoms in total. The van der Waals surface area contributed by atoms with Crippen LogP contribution >= 0.6 is 0 Å². The summed E-state index contributed by atoms with van der Waals surface area (Å²) in [5.74, 6) is -0.511. The van der Waals surface area contributed by atoms with Gasteiger partial charge in [0.25, 0.3) is 0 Å². The first kappa shape index (κ1) is 25.4. The summed E-state index contributed by atoms with van der Waals surface area (Å²) in [6.45, 7) is -0.192. The molecule has 0 bridgehead atoms. The first-order chi connectivity index (χ1) is 16.3. The highest BCUT2D eigenvalue weighted by Gasteiger charge is 2.30. The number of amides is 1. The standard InChI is InChI=1S/C23H26F2N2O6S/c1-3-32-18-11-10-17(15-20(18)34(29,30)27-13-4-5-14-27)26-21(28)12-9-16-7-6-8-19(31-2)22(16)33-23(24)25/h6-12,15,23H,3-5,13-14H2,1-2H3,(H,26,28)/b12-9+. The van der Waals surface area contributed by atoms with Gasteiger partial charge in [-0.15, -0.1) is 0 Å². The molecular formula is C23H26F2N2O6S. The molecule has 184 valence electrons. The third-order valence-corrected chi connectivity index (χ3v) is 6.96. The number of benzene rings is 2. The SMILES string of the molecule is CCOc1ccc(NC(=O)/C=C/c2cccc(OC)c2OC(F)F)cc1S(=O)(=O)N1CCCC1. The van der Waals surface area contributed by atoms with E-state index in [1.165, 1.54) is 47.8 Å². The monoisotopic (exact) mass is 496 g/mol. The first-order valence-electron chi connectivity index (χ1n) is 10.6. The van der Waals surface area contributed by atoms with Crippen LogP contribution < -0.4 is 19.5 Å². The van der Waals surface area contributed by atoms with Crippen molar-refractivity contribution in [1.82, 2.24) is 4.31 Å². The molecule has 11 heteroatoms. The first-order valence-corrected chi connectivity index (χ1v) is 12.1. The number of nitrogens with one attached hydrogen (secondary N) is 1. The van der Waals surface area contributed by atoms with E-state index < -0.39 is 22.5 Å². The van der Waals surface area contributed by atoms with Crippen LogP contribution in [-0.2, 0) is 14.8 Å². The van der Waals surface area contributed by atoms with Crippen molar-refractivity contribution in [2.24, 2.45) is 0 Å². The van der Waals surface area contributed by atoms with E-state index in [1.807, 2.05) is 0 Å². The van der Waals surface area contributed by atoms with Crippen LogP contribution in [0.15, 0.2) is 47.4 Å². The van der Waals surface area contributed by atoms with Crippen LogP contribution in [0.3, 0.4) is 0 Å². The minimum atomic E-state index is -3.79. The molecule has 1 heterocycles. The van der Waals surface area contributed by atoms with Gasteiger partial charge < -0.3 is 19.5 Å². The van der Waals surface area contributed by atoms with Crippen molar-refractivity contribution < 1.29 is 36.2 Å². The summed E-state index contributed by atoms with van der Waals surface area (Å²) in [4.78, 5) is 12.5. The molecule has 3 rings (SSSR count). The number of methoxy groups -OCH3 is 1. The Kier molecular flexibility index (Phi) is 8.46. The number of para-hydroxylation sites is 1. The van der Waals surface area contributed by atoms with Gasteiger partial charge in [0.05, 0.1) is 13.7 Å². The third-order valence-electron chi connectivity index (χ3n) is 5.04. The van der Waals surface area contributed by atoms with Crippen LogP contribution in [0.5, 0.6) is 17.2 Å². The van der Waals surface area contributed by atoms with Gasteiger partial charge in [-0.25, -0.2) is 8.42 Å². The zero-order valence-corrected chi connectivity index (χ0v) is 19.6. The van der Waals surface area contributed by atoms with Crippen molar-refractivity contribution >= 4 is 27.7 Å². The highest BCUT2D eigenvalue weighted by Crippen LogP contribution is 2.34. The maximum atomic E-state index is 13.1. The molecule has 1 aliphatic heterocycles. The number of alkyl halides is 2. The maximum absolute atomic E-state index is 13.1. The quantitative estimate of drug-likeness (QED) is 0.497. The van der Waals surface area contributed by atoms with Crippen LogP contribution in [0.1, 0.15) is 25.3 Å². The molecule has 1 fully saturated rings. The summed E-state index contributed by atoms with van der Waals surface area (Å²) in [5.41, 5.74) is 0.448. The molecule has 0 spiro atoms. The van der Waals surface area contributed by atoms with Crippen LogP contribution in [0, 0.1) is 0 Å². The van der Waals surface area contributed by atoms with E-state index in [1.54, 1.807) is 13.0 Å². The second-order valence-electron chi connectivity index (χ2n) is 7.29. The summed E-state index contributed by atoms with van der Waals surface area (Å²) >= 11 is 0. The van der Waals surface area contributed by atoms with Crippen LogP contribution in [-0.4, -0.2) is 52.0 Å². The van der Waals surface area contributed by atoms with Gasteiger partial charge in [0.1, 0.15) is 10.6 Å². The average Bonchev–Trinajstić information content (AvgIpc) is 3.35. The molecule has 1 aliphatic rings. The number of hydrogen-bond acceptors (Lipinski definition) is 6. The molecule has 1 amide bonds. The lowest BCUT2D eigenvalue weighted by Crippen LogP contribution is -2.28. The van der Waals surface area contributed by atoms with Gasteiger partial charge in [0.2, 0.25) is 15.9 Å². The van der Waals surface area contributed by atoms with Gasteiger partial charge in [-0.3, -0.25) is 4.79 Å². The predicted molar refractivity (Wildman–Crippen MR) is 123 cm³/mol. The van der Waals surface area contributed by atoms with Crippen molar-refractivity contribution in [2.75, 3.05) is 32.1 Å². The molecule has 0 radical (unpaired) electrons. The summed E-state index contributed by atoms with van der Waals surface area (Å²) in [7, 11) is -2.48. The summed E-state index contributed by atoms with van der Waals surface area (Å²) in [5, 5.41) is 2.59. The fourth-order valence-electron chi connectivity index (χ4n) is 3.52. The molecule has 0 atom stereocenters. The number of rotatable bonds is 10. The fraction of sp³-hybridized carbons (Fsp3) is 0.348. The summed E-state index contributed by atoms with van der Waals surface area (Å²) in [6.07, 6.45) is 3.99. The molecule has 0 aromatic heterocycles. The summed E-state index contributed by atoms with van der Waals surface area (Å²) < 4.78 is 68.2. The molecule has 34 heavy (non-hydrogen) atoms. The minimum absolute atomic E-state index is 0.0292. The van der Waals surface area contributed by atoms with E-state index in [2.05, 4.69) is 10.1 Å². The largest absolute Gasteiger partial charge is 0.493 e. The number of carbonyl (C=O) groups is 1. The van der Waals surface area contributed by atoms with E-state index in [0.29, 0.717) is 13.1 Å². The van der Waals surface area contributed by atoms with Crippen molar-refractivity contribution in [3.8, 4) is 17.2 Å². The molecule has 2 aromatic carbocycles. The van der Waals surface area contributed by atoms with Gasteiger partial charge in [0.15, 0.2) is 11.5 Å². The van der Waals surface area contributed by atoms with Crippen LogP contribution in [0.2, 0.25) is 0 Å². The minimum Gasteiger partial charge on any atom is -0.493 e. The second kappa shape index (κ2) is 11.3. The number of carbonyl (C=O) groups excluding carboxylic acids is 1. The Morgan fingerprint density at radius 3 is 2.56 bits per heavy atom. The van der Waals surface area contributed by atoms with E-state index in [4.69, 9.17) is 9.47 Å². The highest BCUT2D eigenvalue weighted by molar-refractivity contribution is 7.89. The molecule has 1 N–H and O–H groups in total.